The van der Waals surface area contributed by atoms with Crippen molar-refractivity contribution in [2.24, 2.45) is 5.73 Å². The Hall–Kier alpha value is -0.690. The number of hydrogen-bond donors (Lipinski definition) is 2. The maximum absolute atomic E-state index is 10.4. The third-order valence-electron chi connectivity index (χ3n) is 2.55. The zero-order chi connectivity index (χ0) is 11.8. The Morgan fingerprint density at radius 2 is 2.12 bits per heavy atom. The van der Waals surface area contributed by atoms with Crippen molar-refractivity contribution in [1.29, 1.82) is 0 Å². The second kappa shape index (κ2) is 7.56. The van der Waals surface area contributed by atoms with Crippen molar-refractivity contribution in [3.63, 3.8) is 0 Å². The molecule has 0 aromatic heterocycles. The number of nitrogens with two attached hydrogens (primary N) is 1. The predicted molar refractivity (Wildman–Crippen MR) is 58.3 cm³/mol. The standard InChI is InChI=1S/C10H20N2O4/c11-9(10(13)14)1-5-15-6-2-12-3-7-16-8-4-12/h9H,1-8,11H2,(H,13,14)/t9-/m0/s1. The molecule has 0 aromatic rings. The average molecular weight is 232 g/mol. The van der Waals surface area contributed by atoms with E-state index in [0.29, 0.717) is 19.6 Å². The molecule has 1 heterocycles. The first-order valence-electron chi connectivity index (χ1n) is 5.56. The van der Waals surface area contributed by atoms with Crippen molar-refractivity contribution in [1.82, 2.24) is 4.90 Å². The second-order valence-corrected chi connectivity index (χ2v) is 3.80. The molecule has 6 heteroatoms. The molecule has 6 nitrogen and oxygen atoms in total. The van der Waals surface area contributed by atoms with Crippen LogP contribution in [0.4, 0.5) is 0 Å². The minimum absolute atomic E-state index is 0.360. The Kier molecular flexibility index (Phi) is 6.32. The maximum atomic E-state index is 10.4. The summed E-state index contributed by atoms with van der Waals surface area (Å²) in [5, 5.41) is 8.54. The molecule has 1 atom stereocenters. The number of carbonyl (C=O) groups is 1. The molecule has 0 radical (unpaired) electrons. The van der Waals surface area contributed by atoms with Crippen molar-refractivity contribution in [3.05, 3.63) is 0 Å². The van der Waals surface area contributed by atoms with Crippen molar-refractivity contribution in [3.8, 4) is 0 Å². The lowest BCUT2D eigenvalue weighted by molar-refractivity contribution is -0.139. The van der Waals surface area contributed by atoms with E-state index in [1.807, 2.05) is 0 Å². The van der Waals surface area contributed by atoms with Crippen molar-refractivity contribution in [2.75, 3.05) is 46.1 Å². The summed E-state index contributed by atoms with van der Waals surface area (Å²) in [5.74, 6) is -0.975. The van der Waals surface area contributed by atoms with Gasteiger partial charge in [0.1, 0.15) is 6.04 Å². The van der Waals surface area contributed by atoms with Crippen molar-refractivity contribution < 1.29 is 19.4 Å². The van der Waals surface area contributed by atoms with Gasteiger partial charge >= 0.3 is 5.97 Å². The number of carboxylic acids is 1. The summed E-state index contributed by atoms with van der Waals surface area (Å²) in [5.41, 5.74) is 5.34. The van der Waals surface area contributed by atoms with E-state index in [2.05, 4.69) is 4.90 Å². The molecule has 0 spiro atoms. The minimum atomic E-state index is -0.975. The number of rotatable bonds is 7. The van der Waals surface area contributed by atoms with Crippen molar-refractivity contribution in [2.45, 2.75) is 12.5 Å². The summed E-state index contributed by atoms with van der Waals surface area (Å²) in [6, 6.07) is -0.816. The van der Waals surface area contributed by atoms with E-state index in [0.717, 1.165) is 32.8 Å². The van der Waals surface area contributed by atoms with Gasteiger partial charge in [0, 0.05) is 26.2 Å². The Labute approximate surface area is 95.3 Å². The Bertz CT molecular complexity index is 207. The predicted octanol–water partition coefficient (Wildman–Crippen LogP) is -0.863. The molecule has 0 aliphatic carbocycles. The Balaban J connectivity index is 1.93. The van der Waals surface area contributed by atoms with Gasteiger partial charge in [-0.3, -0.25) is 9.69 Å². The molecule has 0 aromatic carbocycles. The molecule has 0 saturated carbocycles. The van der Waals surface area contributed by atoms with Crippen LogP contribution in [-0.2, 0) is 14.3 Å². The highest BCUT2D eigenvalue weighted by atomic mass is 16.5. The molecule has 0 bridgehead atoms. The molecule has 94 valence electrons. The van der Waals surface area contributed by atoms with Gasteiger partial charge in [-0.05, 0) is 6.42 Å². The van der Waals surface area contributed by atoms with Crippen LogP contribution in [-0.4, -0.2) is 68.1 Å². The lowest BCUT2D eigenvalue weighted by Gasteiger charge is -2.26. The molecule has 1 fully saturated rings. The van der Waals surface area contributed by atoms with E-state index < -0.39 is 12.0 Å². The summed E-state index contributed by atoms with van der Waals surface area (Å²) < 4.78 is 10.6. The highest BCUT2D eigenvalue weighted by Crippen LogP contribution is 1.96. The number of nitrogens with zero attached hydrogens (tertiary/aromatic N) is 1. The van der Waals surface area contributed by atoms with Crippen molar-refractivity contribution >= 4 is 5.97 Å². The number of ether oxygens (including phenoxy) is 2. The molecule has 1 saturated heterocycles. The SMILES string of the molecule is N[C@@H](CCOCCN1CCOCC1)C(=O)O. The average Bonchev–Trinajstić information content (AvgIpc) is 2.29. The van der Waals surface area contributed by atoms with Gasteiger partial charge in [-0.1, -0.05) is 0 Å². The summed E-state index contributed by atoms with van der Waals surface area (Å²) in [7, 11) is 0. The van der Waals surface area contributed by atoms with Crippen LogP contribution < -0.4 is 5.73 Å². The van der Waals surface area contributed by atoms with Gasteiger partial charge in [0.2, 0.25) is 0 Å². The third-order valence-corrected chi connectivity index (χ3v) is 2.55. The smallest absolute Gasteiger partial charge is 0.320 e. The summed E-state index contributed by atoms with van der Waals surface area (Å²) in [4.78, 5) is 12.7. The molecule has 1 rings (SSSR count). The number of morpholine rings is 1. The van der Waals surface area contributed by atoms with Gasteiger partial charge in [-0.25, -0.2) is 0 Å². The van der Waals surface area contributed by atoms with Crippen LogP contribution in [0, 0.1) is 0 Å². The normalized spacial score (nSPS) is 19.6. The molecular formula is C10H20N2O4. The Morgan fingerprint density at radius 1 is 1.44 bits per heavy atom. The Morgan fingerprint density at radius 3 is 2.75 bits per heavy atom. The molecule has 1 aliphatic heterocycles. The van der Waals surface area contributed by atoms with E-state index in [9.17, 15) is 4.79 Å². The van der Waals surface area contributed by atoms with Crippen LogP contribution in [0.1, 0.15) is 6.42 Å². The van der Waals surface area contributed by atoms with Crippen LogP contribution in [0.25, 0.3) is 0 Å². The van der Waals surface area contributed by atoms with E-state index in [1.54, 1.807) is 0 Å². The first kappa shape index (κ1) is 13.4. The van der Waals surface area contributed by atoms with Crippen LogP contribution in [0.3, 0.4) is 0 Å². The minimum Gasteiger partial charge on any atom is -0.480 e. The van der Waals surface area contributed by atoms with Gasteiger partial charge < -0.3 is 20.3 Å². The summed E-state index contributed by atoms with van der Waals surface area (Å²) >= 11 is 0. The first-order valence-corrected chi connectivity index (χ1v) is 5.56. The van der Waals surface area contributed by atoms with Crippen LogP contribution in [0.5, 0.6) is 0 Å². The fourth-order valence-corrected chi connectivity index (χ4v) is 1.45. The summed E-state index contributed by atoms with van der Waals surface area (Å²) in [6.45, 7) is 5.33. The van der Waals surface area contributed by atoms with E-state index in [-0.39, 0.29) is 0 Å². The van der Waals surface area contributed by atoms with Crippen LogP contribution in [0.15, 0.2) is 0 Å². The van der Waals surface area contributed by atoms with Gasteiger partial charge in [0.05, 0.1) is 19.8 Å². The highest BCUT2D eigenvalue weighted by Gasteiger charge is 2.11. The second-order valence-electron chi connectivity index (χ2n) is 3.80. The van der Waals surface area contributed by atoms with Crippen LogP contribution in [0.2, 0.25) is 0 Å². The van der Waals surface area contributed by atoms with Gasteiger partial charge in [0.25, 0.3) is 0 Å². The highest BCUT2D eigenvalue weighted by molar-refractivity contribution is 5.72. The van der Waals surface area contributed by atoms with Gasteiger partial charge in [-0.15, -0.1) is 0 Å². The zero-order valence-electron chi connectivity index (χ0n) is 9.43. The van der Waals surface area contributed by atoms with E-state index in [1.165, 1.54) is 0 Å². The summed E-state index contributed by atoms with van der Waals surface area (Å²) in [6.07, 6.45) is 0.360. The lowest BCUT2D eigenvalue weighted by Crippen LogP contribution is -2.38. The molecule has 0 amide bonds. The number of carboxylic acid groups (broad SMARTS) is 1. The molecular weight excluding hydrogens is 212 g/mol. The molecule has 0 unspecified atom stereocenters. The third kappa shape index (κ3) is 5.41. The van der Waals surface area contributed by atoms with Gasteiger partial charge in [-0.2, -0.15) is 0 Å². The zero-order valence-corrected chi connectivity index (χ0v) is 9.43. The number of aliphatic carboxylic acids is 1. The largest absolute Gasteiger partial charge is 0.480 e. The first-order chi connectivity index (χ1) is 7.70. The monoisotopic (exact) mass is 232 g/mol. The number of hydrogen-bond acceptors (Lipinski definition) is 5. The maximum Gasteiger partial charge on any atom is 0.320 e. The molecule has 3 N–H and O–H groups in total. The molecule has 16 heavy (non-hydrogen) atoms. The fraction of sp³-hybridized carbons (Fsp3) is 0.900. The molecule has 1 aliphatic rings. The van der Waals surface area contributed by atoms with E-state index in [4.69, 9.17) is 20.3 Å². The van der Waals surface area contributed by atoms with E-state index >= 15 is 0 Å². The fourth-order valence-electron chi connectivity index (χ4n) is 1.45. The topological polar surface area (TPSA) is 85.0 Å². The van der Waals surface area contributed by atoms with Crippen LogP contribution >= 0.6 is 0 Å². The lowest BCUT2D eigenvalue weighted by atomic mass is 10.2. The van der Waals surface area contributed by atoms with Gasteiger partial charge in [0.15, 0.2) is 0 Å². The quantitative estimate of drug-likeness (QED) is 0.555.